The standard InChI is InChI=1S/C24H50N2O/c1-5-9-17-22(7-3)23(25)18-15-13-11-12-14-16-20-24(8-4,21-26-27)19-10-6-2/h21-23,27H,5-20,25H2,1-4H3. The molecule has 0 saturated heterocycles. The van der Waals surface area contributed by atoms with Gasteiger partial charge in [0.1, 0.15) is 0 Å². The fourth-order valence-corrected chi connectivity index (χ4v) is 4.34. The van der Waals surface area contributed by atoms with Crippen molar-refractivity contribution in [3.63, 3.8) is 0 Å². The van der Waals surface area contributed by atoms with Gasteiger partial charge in [-0.25, -0.2) is 0 Å². The molecular weight excluding hydrogens is 332 g/mol. The quantitative estimate of drug-likeness (QED) is 0.104. The highest BCUT2D eigenvalue weighted by Crippen LogP contribution is 2.33. The second kappa shape index (κ2) is 17.5. The van der Waals surface area contributed by atoms with Gasteiger partial charge >= 0.3 is 0 Å². The summed E-state index contributed by atoms with van der Waals surface area (Å²) in [7, 11) is 0. The summed E-state index contributed by atoms with van der Waals surface area (Å²) in [5.74, 6) is 0.725. The fraction of sp³-hybridized carbons (Fsp3) is 0.958. The zero-order valence-corrected chi connectivity index (χ0v) is 19.0. The Balaban J connectivity index is 3.89. The number of hydrogen-bond donors (Lipinski definition) is 2. The van der Waals surface area contributed by atoms with Crippen molar-refractivity contribution in [1.29, 1.82) is 0 Å². The van der Waals surface area contributed by atoms with Gasteiger partial charge in [-0.2, -0.15) is 0 Å². The third-order valence-corrected chi connectivity index (χ3v) is 6.58. The lowest BCUT2D eigenvalue weighted by molar-refractivity contribution is 0.285. The average molecular weight is 383 g/mol. The Bertz CT molecular complexity index is 345. The van der Waals surface area contributed by atoms with Gasteiger partial charge in [-0.05, 0) is 38.0 Å². The Labute approximate surface area is 170 Å². The van der Waals surface area contributed by atoms with Gasteiger partial charge in [0.15, 0.2) is 0 Å². The first-order valence-electron chi connectivity index (χ1n) is 12.0. The Morgan fingerprint density at radius 2 is 1.41 bits per heavy atom. The number of oxime groups is 1. The Hall–Kier alpha value is -0.570. The first-order valence-corrected chi connectivity index (χ1v) is 12.0. The molecule has 0 aliphatic rings. The molecule has 0 aromatic rings. The van der Waals surface area contributed by atoms with Crippen LogP contribution in [0.1, 0.15) is 130 Å². The van der Waals surface area contributed by atoms with E-state index in [1.165, 1.54) is 83.5 Å². The molecule has 3 nitrogen and oxygen atoms in total. The largest absolute Gasteiger partial charge is 0.411 e. The highest BCUT2D eigenvalue weighted by Gasteiger charge is 2.25. The van der Waals surface area contributed by atoms with Crippen molar-refractivity contribution in [2.45, 2.75) is 136 Å². The molecular formula is C24H50N2O. The van der Waals surface area contributed by atoms with Crippen molar-refractivity contribution in [2.75, 3.05) is 0 Å². The molecule has 0 saturated carbocycles. The number of rotatable bonds is 19. The molecule has 0 aliphatic carbocycles. The Morgan fingerprint density at radius 1 is 0.815 bits per heavy atom. The van der Waals surface area contributed by atoms with Crippen molar-refractivity contribution in [3.05, 3.63) is 0 Å². The summed E-state index contributed by atoms with van der Waals surface area (Å²) in [4.78, 5) is 0. The molecule has 0 aliphatic heterocycles. The van der Waals surface area contributed by atoms with Crippen LogP contribution in [0.5, 0.6) is 0 Å². The maximum atomic E-state index is 9.04. The second-order valence-electron chi connectivity index (χ2n) is 8.70. The molecule has 0 heterocycles. The van der Waals surface area contributed by atoms with Gasteiger partial charge in [-0.15, -0.1) is 5.16 Å². The average Bonchev–Trinajstić information content (AvgIpc) is 2.68. The molecule has 0 amide bonds. The minimum atomic E-state index is 0.116. The van der Waals surface area contributed by atoms with Crippen LogP contribution in [0.15, 0.2) is 5.16 Å². The van der Waals surface area contributed by atoms with E-state index in [1.54, 1.807) is 0 Å². The second-order valence-corrected chi connectivity index (χ2v) is 8.70. The molecule has 0 radical (unpaired) electrons. The Kier molecular flexibility index (Phi) is 17.2. The SMILES string of the molecule is CCCCC(CC)C(N)CCCCCCCCC(C=NO)(CC)CCCC. The molecule has 0 aromatic carbocycles. The summed E-state index contributed by atoms with van der Waals surface area (Å²) in [5, 5.41) is 12.4. The topological polar surface area (TPSA) is 58.6 Å². The summed E-state index contributed by atoms with van der Waals surface area (Å²) < 4.78 is 0. The molecule has 27 heavy (non-hydrogen) atoms. The van der Waals surface area contributed by atoms with E-state index in [0.717, 1.165) is 25.2 Å². The van der Waals surface area contributed by atoms with Gasteiger partial charge in [-0.1, -0.05) is 98.3 Å². The monoisotopic (exact) mass is 382 g/mol. The van der Waals surface area contributed by atoms with Crippen LogP contribution in [0.2, 0.25) is 0 Å². The van der Waals surface area contributed by atoms with E-state index in [2.05, 4.69) is 32.9 Å². The highest BCUT2D eigenvalue weighted by atomic mass is 16.4. The van der Waals surface area contributed by atoms with E-state index in [-0.39, 0.29) is 5.41 Å². The molecule has 3 atom stereocenters. The molecule has 0 rings (SSSR count). The van der Waals surface area contributed by atoms with Gasteiger partial charge in [0.05, 0.1) is 0 Å². The zero-order chi connectivity index (χ0) is 20.4. The van der Waals surface area contributed by atoms with E-state index in [1.807, 2.05) is 6.21 Å². The summed E-state index contributed by atoms with van der Waals surface area (Å²) >= 11 is 0. The zero-order valence-electron chi connectivity index (χ0n) is 19.0. The predicted molar refractivity (Wildman–Crippen MR) is 121 cm³/mol. The maximum absolute atomic E-state index is 9.04. The van der Waals surface area contributed by atoms with Crippen LogP contribution < -0.4 is 5.73 Å². The lowest BCUT2D eigenvalue weighted by atomic mass is 9.77. The molecule has 0 spiro atoms. The van der Waals surface area contributed by atoms with Crippen molar-refractivity contribution < 1.29 is 5.21 Å². The maximum Gasteiger partial charge on any atom is 0.0497 e. The molecule has 3 N–H and O–H groups in total. The molecule has 3 unspecified atom stereocenters. The smallest absolute Gasteiger partial charge is 0.0497 e. The molecule has 162 valence electrons. The van der Waals surface area contributed by atoms with Gasteiger partial charge in [0, 0.05) is 17.7 Å². The summed E-state index contributed by atoms with van der Waals surface area (Å²) in [6.07, 6.45) is 21.8. The van der Waals surface area contributed by atoms with Crippen LogP contribution in [0, 0.1) is 11.3 Å². The van der Waals surface area contributed by atoms with Crippen molar-refractivity contribution in [3.8, 4) is 0 Å². The van der Waals surface area contributed by atoms with Gasteiger partial charge in [0.25, 0.3) is 0 Å². The van der Waals surface area contributed by atoms with E-state index in [0.29, 0.717) is 6.04 Å². The first kappa shape index (κ1) is 26.4. The van der Waals surface area contributed by atoms with Crippen molar-refractivity contribution in [2.24, 2.45) is 22.2 Å². The number of unbranched alkanes of at least 4 members (excludes halogenated alkanes) is 7. The van der Waals surface area contributed by atoms with Gasteiger partial charge in [0.2, 0.25) is 0 Å². The van der Waals surface area contributed by atoms with E-state index in [4.69, 9.17) is 10.9 Å². The number of hydrogen-bond acceptors (Lipinski definition) is 3. The van der Waals surface area contributed by atoms with Crippen LogP contribution >= 0.6 is 0 Å². The Morgan fingerprint density at radius 3 is 1.96 bits per heavy atom. The minimum Gasteiger partial charge on any atom is -0.411 e. The lowest BCUT2D eigenvalue weighted by Crippen LogP contribution is -2.29. The molecule has 0 bridgehead atoms. The van der Waals surface area contributed by atoms with Gasteiger partial charge < -0.3 is 10.9 Å². The summed E-state index contributed by atoms with van der Waals surface area (Å²) in [5.41, 5.74) is 6.55. The van der Waals surface area contributed by atoms with Gasteiger partial charge in [-0.3, -0.25) is 0 Å². The summed E-state index contributed by atoms with van der Waals surface area (Å²) in [6, 6.07) is 0.406. The minimum absolute atomic E-state index is 0.116. The molecule has 0 aromatic heterocycles. The summed E-state index contributed by atoms with van der Waals surface area (Å²) in [6.45, 7) is 9.02. The van der Waals surface area contributed by atoms with E-state index >= 15 is 0 Å². The third-order valence-electron chi connectivity index (χ3n) is 6.58. The van der Waals surface area contributed by atoms with Crippen LogP contribution in [0.4, 0.5) is 0 Å². The van der Waals surface area contributed by atoms with E-state index < -0.39 is 0 Å². The lowest BCUT2D eigenvalue weighted by Gasteiger charge is -2.28. The van der Waals surface area contributed by atoms with Crippen molar-refractivity contribution in [1.82, 2.24) is 0 Å². The molecule has 0 fully saturated rings. The highest BCUT2D eigenvalue weighted by molar-refractivity contribution is 5.64. The van der Waals surface area contributed by atoms with Crippen LogP contribution in [-0.4, -0.2) is 17.5 Å². The molecule has 3 heteroatoms. The van der Waals surface area contributed by atoms with Crippen LogP contribution in [-0.2, 0) is 0 Å². The number of nitrogens with zero attached hydrogens (tertiary/aromatic N) is 1. The third kappa shape index (κ3) is 12.5. The number of nitrogens with two attached hydrogens (primary N) is 1. The first-order chi connectivity index (χ1) is 13.1. The normalized spacial score (nSPS) is 16.5. The fourth-order valence-electron chi connectivity index (χ4n) is 4.34. The van der Waals surface area contributed by atoms with Crippen LogP contribution in [0.25, 0.3) is 0 Å². The van der Waals surface area contributed by atoms with E-state index in [9.17, 15) is 0 Å². The predicted octanol–water partition coefficient (Wildman–Crippen LogP) is 7.70. The van der Waals surface area contributed by atoms with Crippen molar-refractivity contribution >= 4 is 6.21 Å². The van der Waals surface area contributed by atoms with Crippen LogP contribution in [0.3, 0.4) is 0 Å².